The fraction of sp³-hybridized carbons (Fsp3) is 0.308. The second kappa shape index (κ2) is 5.27. The van der Waals surface area contributed by atoms with Crippen molar-refractivity contribution >= 4 is 16.6 Å². The molecule has 1 aromatic heterocycles. The lowest BCUT2D eigenvalue weighted by atomic mass is 10.0. The number of nitrogens with two attached hydrogens (primary N) is 1. The van der Waals surface area contributed by atoms with Crippen molar-refractivity contribution in [2.45, 2.75) is 26.2 Å². The first-order valence-corrected chi connectivity index (χ1v) is 5.84. The van der Waals surface area contributed by atoms with Crippen LogP contribution in [0.3, 0.4) is 0 Å². The number of anilines is 1. The second-order valence-corrected chi connectivity index (χ2v) is 4.10. The minimum absolute atomic E-state index is 0.251. The molecule has 2 rings (SSSR count). The van der Waals surface area contributed by atoms with E-state index in [0.29, 0.717) is 11.2 Å². The lowest BCUT2D eigenvalue weighted by molar-refractivity contribution is 0.146. The highest BCUT2D eigenvalue weighted by atomic mass is 19.3. The summed E-state index contributed by atoms with van der Waals surface area (Å²) in [7, 11) is 0. The monoisotopic (exact) mass is 251 g/mol. The molecule has 18 heavy (non-hydrogen) atoms. The molecular formula is C13H15F2N3. The normalized spacial score (nSPS) is 11.2. The summed E-state index contributed by atoms with van der Waals surface area (Å²) in [5.74, 6) is 5.39. The summed E-state index contributed by atoms with van der Waals surface area (Å²) < 4.78 is 25.6. The Balaban J connectivity index is 2.71. The van der Waals surface area contributed by atoms with Crippen LogP contribution in [0, 0.1) is 0 Å². The topological polar surface area (TPSA) is 50.9 Å². The van der Waals surface area contributed by atoms with Crippen LogP contribution in [-0.2, 0) is 6.42 Å². The van der Waals surface area contributed by atoms with Gasteiger partial charge in [-0.05, 0) is 18.1 Å². The van der Waals surface area contributed by atoms with Crippen molar-refractivity contribution in [1.82, 2.24) is 4.98 Å². The Hall–Kier alpha value is -1.75. The van der Waals surface area contributed by atoms with Gasteiger partial charge in [-0.25, -0.2) is 13.8 Å². The standard InChI is InChI=1S/C13H15F2N3/c1-2-4-8-5-3-6-9-10(18-16)7-11(13(14)15)17-12(8)9/h3,5-7,13H,2,4,16H2,1H3,(H,17,18). The van der Waals surface area contributed by atoms with Gasteiger partial charge in [-0.15, -0.1) is 0 Å². The first-order chi connectivity index (χ1) is 8.67. The number of nitrogens with zero attached hydrogens (tertiary/aromatic N) is 1. The number of aryl methyl sites for hydroxylation is 1. The van der Waals surface area contributed by atoms with Crippen molar-refractivity contribution in [3.63, 3.8) is 0 Å². The molecule has 96 valence electrons. The van der Waals surface area contributed by atoms with Gasteiger partial charge in [-0.2, -0.15) is 0 Å². The quantitative estimate of drug-likeness (QED) is 0.646. The zero-order valence-electron chi connectivity index (χ0n) is 10.1. The summed E-state index contributed by atoms with van der Waals surface area (Å²) in [6, 6.07) is 6.92. The Bertz CT molecular complexity index is 555. The van der Waals surface area contributed by atoms with E-state index in [1.807, 2.05) is 25.1 Å². The maximum atomic E-state index is 12.8. The number of nitrogen functional groups attached to an aromatic ring is 1. The molecule has 1 aromatic carbocycles. The number of hydrogen-bond acceptors (Lipinski definition) is 3. The minimum atomic E-state index is -2.60. The lowest BCUT2D eigenvalue weighted by Crippen LogP contribution is -2.09. The highest BCUT2D eigenvalue weighted by Crippen LogP contribution is 2.29. The first-order valence-electron chi connectivity index (χ1n) is 5.84. The molecule has 2 aromatic rings. The van der Waals surface area contributed by atoms with Gasteiger partial charge in [-0.1, -0.05) is 31.5 Å². The van der Waals surface area contributed by atoms with Gasteiger partial charge in [0.1, 0.15) is 5.69 Å². The second-order valence-electron chi connectivity index (χ2n) is 4.10. The predicted molar refractivity (Wildman–Crippen MR) is 68.5 cm³/mol. The molecule has 0 atom stereocenters. The van der Waals surface area contributed by atoms with Crippen LogP contribution in [0.5, 0.6) is 0 Å². The predicted octanol–water partition coefficient (Wildman–Crippen LogP) is 3.41. The van der Waals surface area contributed by atoms with Crippen LogP contribution < -0.4 is 11.3 Å². The molecule has 0 radical (unpaired) electrons. The van der Waals surface area contributed by atoms with Gasteiger partial charge in [0.2, 0.25) is 0 Å². The average Bonchev–Trinajstić information content (AvgIpc) is 2.38. The van der Waals surface area contributed by atoms with Crippen molar-refractivity contribution in [3.8, 4) is 0 Å². The van der Waals surface area contributed by atoms with Crippen LogP contribution in [-0.4, -0.2) is 4.98 Å². The van der Waals surface area contributed by atoms with Gasteiger partial charge in [-0.3, -0.25) is 5.84 Å². The number of para-hydroxylation sites is 1. The van der Waals surface area contributed by atoms with E-state index in [0.717, 1.165) is 23.8 Å². The molecule has 5 heteroatoms. The molecule has 0 aliphatic carbocycles. The van der Waals surface area contributed by atoms with Crippen molar-refractivity contribution in [2.75, 3.05) is 5.43 Å². The summed E-state index contributed by atoms with van der Waals surface area (Å²) >= 11 is 0. The molecule has 0 bridgehead atoms. The molecule has 0 unspecified atom stereocenters. The number of rotatable bonds is 4. The number of hydrogen-bond donors (Lipinski definition) is 2. The van der Waals surface area contributed by atoms with Gasteiger partial charge < -0.3 is 5.43 Å². The summed E-state index contributed by atoms with van der Waals surface area (Å²) in [6.45, 7) is 2.04. The fourth-order valence-corrected chi connectivity index (χ4v) is 2.03. The average molecular weight is 251 g/mol. The van der Waals surface area contributed by atoms with Gasteiger partial charge in [0, 0.05) is 5.39 Å². The van der Waals surface area contributed by atoms with E-state index in [-0.39, 0.29) is 5.69 Å². The minimum Gasteiger partial charge on any atom is -0.323 e. The van der Waals surface area contributed by atoms with Crippen LogP contribution in [0.15, 0.2) is 24.3 Å². The molecule has 0 spiro atoms. The van der Waals surface area contributed by atoms with E-state index in [1.54, 1.807) is 0 Å². The number of nitrogens with one attached hydrogen (secondary N) is 1. The third-order valence-electron chi connectivity index (χ3n) is 2.84. The number of benzene rings is 1. The highest BCUT2D eigenvalue weighted by Gasteiger charge is 2.14. The summed E-state index contributed by atoms with van der Waals surface area (Å²) in [4.78, 5) is 4.06. The molecule has 0 aliphatic rings. The van der Waals surface area contributed by atoms with Crippen LogP contribution in [0.25, 0.3) is 10.9 Å². The number of pyridine rings is 1. The van der Waals surface area contributed by atoms with Crippen molar-refractivity contribution in [1.29, 1.82) is 0 Å². The van der Waals surface area contributed by atoms with Crippen LogP contribution in [0.2, 0.25) is 0 Å². The molecule has 3 nitrogen and oxygen atoms in total. The van der Waals surface area contributed by atoms with Crippen molar-refractivity contribution < 1.29 is 8.78 Å². The van der Waals surface area contributed by atoms with E-state index in [4.69, 9.17) is 5.84 Å². The number of alkyl halides is 2. The number of aromatic nitrogens is 1. The van der Waals surface area contributed by atoms with E-state index in [1.165, 1.54) is 6.07 Å². The van der Waals surface area contributed by atoms with Crippen molar-refractivity contribution in [2.24, 2.45) is 5.84 Å². The maximum Gasteiger partial charge on any atom is 0.280 e. The maximum absolute atomic E-state index is 12.8. The molecule has 1 heterocycles. The van der Waals surface area contributed by atoms with Crippen LogP contribution in [0.4, 0.5) is 14.5 Å². The fourth-order valence-electron chi connectivity index (χ4n) is 2.03. The van der Waals surface area contributed by atoms with Crippen LogP contribution in [0.1, 0.15) is 31.0 Å². The van der Waals surface area contributed by atoms with Gasteiger partial charge in [0.05, 0.1) is 11.2 Å². The van der Waals surface area contributed by atoms with Crippen LogP contribution >= 0.6 is 0 Å². The third-order valence-corrected chi connectivity index (χ3v) is 2.84. The highest BCUT2D eigenvalue weighted by molar-refractivity contribution is 5.93. The Morgan fingerprint density at radius 2 is 2.17 bits per heavy atom. The smallest absolute Gasteiger partial charge is 0.280 e. The summed E-state index contributed by atoms with van der Waals surface area (Å²) in [6.07, 6.45) is -0.859. The molecular weight excluding hydrogens is 236 g/mol. The SMILES string of the molecule is CCCc1cccc2c(NN)cc(C(F)F)nc12. The van der Waals surface area contributed by atoms with E-state index < -0.39 is 6.43 Å². The molecule has 0 amide bonds. The van der Waals surface area contributed by atoms with E-state index in [9.17, 15) is 8.78 Å². The van der Waals surface area contributed by atoms with E-state index in [2.05, 4.69) is 10.4 Å². The zero-order valence-corrected chi connectivity index (χ0v) is 10.1. The number of halogens is 2. The van der Waals surface area contributed by atoms with Gasteiger partial charge in [0.15, 0.2) is 0 Å². The molecule has 3 N–H and O–H groups in total. The third kappa shape index (κ3) is 2.26. The summed E-state index contributed by atoms with van der Waals surface area (Å²) in [5, 5.41) is 0.771. The van der Waals surface area contributed by atoms with Crippen molar-refractivity contribution in [3.05, 3.63) is 35.5 Å². The summed E-state index contributed by atoms with van der Waals surface area (Å²) in [5.41, 5.74) is 4.26. The Morgan fingerprint density at radius 3 is 2.78 bits per heavy atom. The van der Waals surface area contributed by atoms with E-state index >= 15 is 0 Å². The first kappa shape index (κ1) is 12.7. The number of hydrazine groups is 1. The molecule has 0 aliphatic heterocycles. The largest absolute Gasteiger partial charge is 0.323 e. The Labute approximate surface area is 104 Å². The molecule has 0 saturated heterocycles. The molecule has 0 saturated carbocycles. The lowest BCUT2D eigenvalue weighted by Gasteiger charge is -2.11. The molecule has 0 fully saturated rings. The Kier molecular flexibility index (Phi) is 3.72. The number of fused-ring (bicyclic) bond motifs is 1. The Morgan fingerprint density at radius 1 is 1.39 bits per heavy atom. The zero-order chi connectivity index (χ0) is 13.1. The van der Waals surface area contributed by atoms with Gasteiger partial charge >= 0.3 is 0 Å². The van der Waals surface area contributed by atoms with Gasteiger partial charge in [0.25, 0.3) is 6.43 Å².